The summed E-state index contributed by atoms with van der Waals surface area (Å²) >= 11 is 0. The normalized spacial score (nSPS) is 51.5. The molecule has 1 fully saturated rings. The molecule has 3 heteroatoms. The van der Waals surface area contributed by atoms with Gasteiger partial charge >= 0.3 is 0 Å². The Morgan fingerprint density at radius 3 is 2.00 bits per heavy atom. The molecule has 0 heterocycles. The van der Waals surface area contributed by atoms with E-state index in [-0.39, 0.29) is 17.9 Å². The van der Waals surface area contributed by atoms with Crippen molar-refractivity contribution in [2.45, 2.75) is 38.5 Å². The molecule has 5 atom stereocenters. The van der Waals surface area contributed by atoms with Gasteiger partial charge in [-0.2, -0.15) is 0 Å². The van der Waals surface area contributed by atoms with Gasteiger partial charge in [-0.05, 0) is 6.42 Å². The van der Waals surface area contributed by atoms with E-state index in [1.807, 2.05) is 13.8 Å². The fourth-order valence-corrected chi connectivity index (χ4v) is 1.92. The fourth-order valence-electron chi connectivity index (χ4n) is 1.92. The van der Waals surface area contributed by atoms with E-state index < -0.39 is 12.2 Å². The van der Waals surface area contributed by atoms with Crippen molar-refractivity contribution in [1.29, 1.82) is 0 Å². The van der Waals surface area contributed by atoms with Gasteiger partial charge in [-0.15, -0.1) is 0 Å². The average molecular weight is 159 g/mol. The van der Waals surface area contributed by atoms with Crippen molar-refractivity contribution in [2.75, 3.05) is 0 Å². The van der Waals surface area contributed by atoms with E-state index in [4.69, 9.17) is 5.73 Å². The van der Waals surface area contributed by atoms with Crippen molar-refractivity contribution in [1.82, 2.24) is 0 Å². The predicted molar refractivity (Wildman–Crippen MR) is 42.9 cm³/mol. The molecule has 1 rings (SSSR count). The summed E-state index contributed by atoms with van der Waals surface area (Å²) in [5, 5.41) is 18.9. The van der Waals surface area contributed by atoms with Gasteiger partial charge in [0, 0.05) is 17.9 Å². The zero-order valence-corrected chi connectivity index (χ0v) is 7.07. The number of nitrogens with two attached hydrogens (primary N) is 1. The van der Waals surface area contributed by atoms with Crippen LogP contribution in [0.1, 0.15) is 20.3 Å². The lowest BCUT2D eigenvalue weighted by atomic mass is 9.97. The molecule has 0 radical (unpaired) electrons. The predicted octanol–water partition coefficient (Wildman–Crippen LogP) is -0.289. The van der Waals surface area contributed by atoms with Crippen molar-refractivity contribution < 1.29 is 10.2 Å². The lowest BCUT2D eigenvalue weighted by Gasteiger charge is -2.16. The summed E-state index contributed by atoms with van der Waals surface area (Å²) in [5.74, 6) is 0.0925. The minimum Gasteiger partial charge on any atom is -0.390 e. The number of hydrogen-bond donors (Lipinski definition) is 3. The molecule has 0 aromatic heterocycles. The molecule has 1 aliphatic rings. The molecule has 3 unspecified atom stereocenters. The van der Waals surface area contributed by atoms with Gasteiger partial charge in [-0.1, -0.05) is 13.8 Å². The maximum Gasteiger partial charge on any atom is 0.0845 e. The van der Waals surface area contributed by atoms with Crippen LogP contribution in [0.3, 0.4) is 0 Å². The number of rotatable bonds is 1. The number of aliphatic hydroxyl groups excluding tert-OH is 2. The highest BCUT2D eigenvalue weighted by Crippen LogP contribution is 2.32. The summed E-state index contributed by atoms with van der Waals surface area (Å²) in [4.78, 5) is 0. The van der Waals surface area contributed by atoms with Gasteiger partial charge < -0.3 is 15.9 Å². The van der Waals surface area contributed by atoms with Gasteiger partial charge in [-0.25, -0.2) is 0 Å². The van der Waals surface area contributed by atoms with Crippen LogP contribution in [0.25, 0.3) is 0 Å². The quantitative estimate of drug-likeness (QED) is 0.492. The molecule has 0 aromatic carbocycles. The van der Waals surface area contributed by atoms with E-state index in [1.165, 1.54) is 0 Å². The zero-order chi connectivity index (χ0) is 8.59. The minimum absolute atomic E-state index is 0.0231. The van der Waals surface area contributed by atoms with E-state index in [1.54, 1.807) is 0 Å². The van der Waals surface area contributed by atoms with Crippen LogP contribution in [0.2, 0.25) is 0 Å². The Hall–Kier alpha value is -0.120. The standard InChI is InChI=1S/C8H17NO2/c1-3-5-6(9)4(2)7(10)8(5)11/h4-8,10-11H,3,9H2,1-2H3/t4?,5?,6-,7+,8?/m0/s1. The third-order valence-electron chi connectivity index (χ3n) is 2.90. The van der Waals surface area contributed by atoms with Gasteiger partial charge in [0.15, 0.2) is 0 Å². The van der Waals surface area contributed by atoms with Crippen molar-refractivity contribution in [3.8, 4) is 0 Å². The Balaban J connectivity index is 2.69. The highest BCUT2D eigenvalue weighted by atomic mass is 16.3. The summed E-state index contributed by atoms with van der Waals surface area (Å²) in [7, 11) is 0. The molecular formula is C8H17NO2. The molecule has 0 amide bonds. The smallest absolute Gasteiger partial charge is 0.0845 e. The summed E-state index contributed by atoms with van der Waals surface area (Å²) in [5.41, 5.74) is 5.79. The Morgan fingerprint density at radius 2 is 1.82 bits per heavy atom. The molecule has 1 saturated carbocycles. The van der Waals surface area contributed by atoms with Gasteiger partial charge in [0.1, 0.15) is 0 Å². The van der Waals surface area contributed by atoms with Crippen LogP contribution in [0, 0.1) is 11.8 Å². The summed E-state index contributed by atoms with van der Waals surface area (Å²) in [6.07, 6.45) is -0.413. The van der Waals surface area contributed by atoms with E-state index in [0.29, 0.717) is 0 Å². The fraction of sp³-hybridized carbons (Fsp3) is 1.00. The lowest BCUT2D eigenvalue weighted by Crippen LogP contribution is -2.32. The van der Waals surface area contributed by atoms with Gasteiger partial charge in [0.2, 0.25) is 0 Å². The lowest BCUT2D eigenvalue weighted by molar-refractivity contribution is 0.00623. The summed E-state index contributed by atoms with van der Waals surface area (Å²) < 4.78 is 0. The van der Waals surface area contributed by atoms with Crippen molar-refractivity contribution >= 4 is 0 Å². The first kappa shape index (κ1) is 8.97. The summed E-state index contributed by atoms with van der Waals surface area (Å²) in [6, 6.07) is -0.0509. The molecule has 0 spiro atoms. The van der Waals surface area contributed by atoms with Crippen LogP contribution < -0.4 is 5.73 Å². The Kier molecular flexibility index (Phi) is 2.52. The van der Waals surface area contributed by atoms with Crippen LogP contribution >= 0.6 is 0 Å². The van der Waals surface area contributed by atoms with Gasteiger partial charge in [0.25, 0.3) is 0 Å². The molecular weight excluding hydrogens is 142 g/mol. The van der Waals surface area contributed by atoms with Crippen LogP contribution in [0.15, 0.2) is 0 Å². The van der Waals surface area contributed by atoms with E-state index >= 15 is 0 Å². The highest BCUT2D eigenvalue weighted by molar-refractivity contribution is 4.97. The molecule has 0 bridgehead atoms. The molecule has 0 saturated heterocycles. The zero-order valence-electron chi connectivity index (χ0n) is 7.07. The Labute approximate surface area is 67.2 Å². The third-order valence-corrected chi connectivity index (χ3v) is 2.90. The first-order valence-corrected chi connectivity index (χ1v) is 4.21. The molecule has 3 nitrogen and oxygen atoms in total. The van der Waals surface area contributed by atoms with Crippen molar-refractivity contribution in [2.24, 2.45) is 17.6 Å². The van der Waals surface area contributed by atoms with Crippen molar-refractivity contribution in [3.05, 3.63) is 0 Å². The monoisotopic (exact) mass is 159 g/mol. The summed E-state index contributed by atoms with van der Waals surface area (Å²) in [6.45, 7) is 3.87. The number of hydrogen-bond acceptors (Lipinski definition) is 3. The van der Waals surface area contributed by atoms with Crippen LogP contribution in [0.4, 0.5) is 0 Å². The van der Waals surface area contributed by atoms with Crippen molar-refractivity contribution in [3.63, 3.8) is 0 Å². The second-order valence-corrected chi connectivity index (χ2v) is 3.49. The second-order valence-electron chi connectivity index (χ2n) is 3.49. The minimum atomic E-state index is -0.630. The molecule has 4 N–H and O–H groups in total. The maximum atomic E-state index is 9.47. The van der Waals surface area contributed by atoms with Crippen LogP contribution in [0.5, 0.6) is 0 Å². The molecule has 0 aromatic rings. The van der Waals surface area contributed by atoms with E-state index in [9.17, 15) is 10.2 Å². The molecule has 11 heavy (non-hydrogen) atoms. The topological polar surface area (TPSA) is 66.5 Å². The third kappa shape index (κ3) is 1.28. The molecule has 66 valence electrons. The Morgan fingerprint density at radius 1 is 1.27 bits per heavy atom. The highest BCUT2D eigenvalue weighted by Gasteiger charge is 2.43. The maximum absolute atomic E-state index is 9.47. The first-order valence-electron chi connectivity index (χ1n) is 4.21. The van der Waals surface area contributed by atoms with Gasteiger partial charge in [-0.3, -0.25) is 0 Å². The van der Waals surface area contributed by atoms with Crippen LogP contribution in [-0.2, 0) is 0 Å². The SMILES string of the molecule is CCC1C(O)[C@H](O)C(C)[C@@H]1N. The Bertz CT molecular complexity index is 126. The first-order chi connectivity index (χ1) is 5.09. The molecule has 0 aliphatic heterocycles. The van der Waals surface area contributed by atoms with E-state index in [0.717, 1.165) is 6.42 Å². The van der Waals surface area contributed by atoms with Gasteiger partial charge in [0.05, 0.1) is 12.2 Å². The largest absolute Gasteiger partial charge is 0.390 e. The molecule has 1 aliphatic carbocycles. The number of aliphatic hydroxyl groups is 2. The second kappa shape index (κ2) is 3.09. The average Bonchev–Trinajstić information content (AvgIpc) is 2.17. The van der Waals surface area contributed by atoms with Crippen LogP contribution in [-0.4, -0.2) is 28.5 Å². The van der Waals surface area contributed by atoms with E-state index in [2.05, 4.69) is 0 Å².